The maximum Gasteiger partial charge on any atom is 0.407 e. The average Bonchev–Trinajstić information content (AvgIpc) is 2.29. The molecule has 0 aliphatic rings. The first-order chi connectivity index (χ1) is 11.2. The molecule has 8 heteroatoms. The summed E-state index contributed by atoms with van der Waals surface area (Å²) in [5.74, 6) is 0. The second kappa shape index (κ2) is 9.97. The van der Waals surface area contributed by atoms with Gasteiger partial charge in [0.05, 0.1) is 0 Å². The predicted molar refractivity (Wildman–Crippen MR) is 105 cm³/mol. The molecule has 0 heterocycles. The van der Waals surface area contributed by atoms with Gasteiger partial charge in [0.25, 0.3) is 0 Å². The standard InChI is InChI=1S/2C9H20N2O2/c2*1-8(2,3)13-7(12)11-6-9(4,5)10/h2*6,10H2,1-5H3,(H,11,12). The summed E-state index contributed by atoms with van der Waals surface area (Å²) in [7, 11) is 0. The number of rotatable bonds is 4. The van der Waals surface area contributed by atoms with E-state index in [1.807, 2.05) is 69.2 Å². The highest BCUT2D eigenvalue weighted by atomic mass is 16.6. The Labute approximate surface area is 158 Å². The van der Waals surface area contributed by atoms with Gasteiger partial charge in [-0.2, -0.15) is 0 Å². The van der Waals surface area contributed by atoms with Crippen LogP contribution in [-0.2, 0) is 9.47 Å². The van der Waals surface area contributed by atoms with E-state index in [4.69, 9.17) is 20.9 Å². The Morgan fingerprint density at radius 3 is 1.04 bits per heavy atom. The van der Waals surface area contributed by atoms with E-state index in [2.05, 4.69) is 10.6 Å². The van der Waals surface area contributed by atoms with Gasteiger partial charge in [0.15, 0.2) is 0 Å². The van der Waals surface area contributed by atoms with Gasteiger partial charge < -0.3 is 31.6 Å². The predicted octanol–water partition coefficient (Wildman–Crippen LogP) is 2.50. The van der Waals surface area contributed by atoms with E-state index in [-0.39, 0.29) is 0 Å². The average molecular weight is 377 g/mol. The third-order valence-corrected chi connectivity index (χ3v) is 2.17. The molecule has 0 aliphatic heterocycles. The molecular weight excluding hydrogens is 336 g/mol. The molecule has 26 heavy (non-hydrogen) atoms. The Hall–Kier alpha value is -1.54. The lowest BCUT2D eigenvalue weighted by atomic mass is 10.1. The molecule has 0 aliphatic carbocycles. The van der Waals surface area contributed by atoms with E-state index in [0.717, 1.165) is 0 Å². The summed E-state index contributed by atoms with van der Waals surface area (Å²) in [6, 6.07) is 0. The molecule has 0 aromatic rings. The fraction of sp³-hybridized carbons (Fsp3) is 0.889. The Morgan fingerprint density at radius 1 is 0.654 bits per heavy atom. The molecule has 6 N–H and O–H groups in total. The summed E-state index contributed by atoms with van der Waals surface area (Å²) in [5, 5.41) is 5.19. The Bertz CT molecular complexity index is 396. The molecule has 0 rings (SSSR count). The third kappa shape index (κ3) is 24.7. The number of alkyl carbamates (subject to hydrolysis) is 2. The Balaban J connectivity index is 0. The minimum atomic E-state index is -0.456. The first kappa shape index (κ1) is 26.7. The fourth-order valence-corrected chi connectivity index (χ4v) is 1.23. The van der Waals surface area contributed by atoms with Gasteiger partial charge in [-0.3, -0.25) is 0 Å². The second-order valence-corrected chi connectivity index (χ2v) is 9.69. The van der Waals surface area contributed by atoms with Crippen molar-refractivity contribution in [2.45, 2.75) is 91.5 Å². The van der Waals surface area contributed by atoms with E-state index < -0.39 is 34.5 Å². The molecule has 0 aromatic heterocycles. The molecule has 0 unspecified atom stereocenters. The van der Waals surface area contributed by atoms with E-state index in [9.17, 15) is 9.59 Å². The van der Waals surface area contributed by atoms with Gasteiger partial charge in [-0.25, -0.2) is 9.59 Å². The zero-order chi connectivity index (χ0) is 21.4. The molecule has 0 fully saturated rings. The zero-order valence-corrected chi connectivity index (χ0v) is 18.2. The van der Waals surface area contributed by atoms with Gasteiger partial charge in [-0.15, -0.1) is 0 Å². The van der Waals surface area contributed by atoms with Crippen LogP contribution in [0.1, 0.15) is 69.2 Å². The SMILES string of the molecule is CC(C)(N)CNC(=O)OC(C)(C)C.CC(C)(N)CNC(=O)OC(C)(C)C. The first-order valence-corrected chi connectivity index (χ1v) is 8.72. The summed E-state index contributed by atoms with van der Waals surface area (Å²) in [5.41, 5.74) is 9.63. The van der Waals surface area contributed by atoms with E-state index in [1.165, 1.54) is 0 Å². The number of hydrogen-bond donors (Lipinski definition) is 4. The highest BCUT2D eigenvalue weighted by Gasteiger charge is 2.19. The Kier molecular flexibility index (Phi) is 10.2. The third-order valence-electron chi connectivity index (χ3n) is 2.17. The largest absolute Gasteiger partial charge is 0.444 e. The molecule has 0 bridgehead atoms. The van der Waals surface area contributed by atoms with Crippen LogP contribution in [0, 0.1) is 0 Å². The lowest BCUT2D eigenvalue weighted by Gasteiger charge is -2.23. The van der Waals surface area contributed by atoms with E-state index in [0.29, 0.717) is 13.1 Å². The molecule has 156 valence electrons. The van der Waals surface area contributed by atoms with Crippen molar-refractivity contribution in [1.29, 1.82) is 0 Å². The minimum Gasteiger partial charge on any atom is -0.444 e. The van der Waals surface area contributed by atoms with Crippen LogP contribution in [0.3, 0.4) is 0 Å². The second-order valence-electron chi connectivity index (χ2n) is 9.69. The van der Waals surface area contributed by atoms with Crippen LogP contribution >= 0.6 is 0 Å². The quantitative estimate of drug-likeness (QED) is 0.596. The van der Waals surface area contributed by atoms with Crippen LogP contribution in [-0.4, -0.2) is 47.6 Å². The molecular formula is C18H40N4O4. The molecule has 8 nitrogen and oxygen atoms in total. The number of carbonyl (C=O) groups excluding carboxylic acids is 2. The molecule has 0 spiro atoms. The molecule has 0 saturated heterocycles. The highest BCUT2D eigenvalue weighted by molar-refractivity contribution is 5.68. The van der Waals surface area contributed by atoms with Crippen LogP contribution in [0.15, 0.2) is 0 Å². The number of nitrogens with two attached hydrogens (primary N) is 2. The maximum absolute atomic E-state index is 11.1. The van der Waals surface area contributed by atoms with Crippen molar-refractivity contribution in [3.05, 3.63) is 0 Å². The minimum absolute atomic E-state index is 0.405. The summed E-state index contributed by atoms with van der Waals surface area (Å²) in [6.45, 7) is 19.1. The topological polar surface area (TPSA) is 129 Å². The van der Waals surface area contributed by atoms with Gasteiger partial charge >= 0.3 is 12.2 Å². The van der Waals surface area contributed by atoms with Crippen molar-refractivity contribution in [3.8, 4) is 0 Å². The maximum atomic E-state index is 11.1. The molecule has 0 atom stereocenters. The fourth-order valence-electron chi connectivity index (χ4n) is 1.23. The van der Waals surface area contributed by atoms with Crippen LogP contribution in [0.5, 0.6) is 0 Å². The number of nitrogens with one attached hydrogen (secondary N) is 2. The zero-order valence-electron chi connectivity index (χ0n) is 18.2. The van der Waals surface area contributed by atoms with Crippen LogP contribution in [0.4, 0.5) is 9.59 Å². The number of hydrogen-bond acceptors (Lipinski definition) is 6. The van der Waals surface area contributed by atoms with Crippen LogP contribution in [0.25, 0.3) is 0 Å². The highest BCUT2D eigenvalue weighted by Crippen LogP contribution is 2.07. The Morgan fingerprint density at radius 2 is 0.885 bits per heavy atom. The van der Waals surface area contributed by atoms with Gasteiger partial charge in [0.1, 0.15) is 11.2 Å². The lowest BCUT2D eigenvalue weighted by Crippen LogP contribution is -2.46. The van der Waals surface area contributed by atoms with Gasteiger partial charge in [0, 0.05) is 24.2 Å². The van der Waals surface area contributed by atoms with Crippen molar-refractivity contribution < 1.29 is 19.1 Å². The summed E-state index contributed by atoms with van der Waals surface area (Å²) in [4.78, 5) is 22.2. The number of carbonyl (C=O) groups is 2. The van der Waals surface area contributed by atoms with Crippen molar-refractivity contribution in [1.82, 2.24) is 10.6 Å². The lowest BCUT2D eigenvalue weighted by molar-refractivity contribution is 0.0507. The summed E-state index contributed by atoms with van der Waals surface area (Å²) in [6.07, 6.45) is -0.850. The number of ether oxygens (including phenoxy) is 2. The molecule has 0 saturated carbocycles. The van der Waals surface area contributed by atoms with Crippen molar-refractivity contribution in [3.63, 3.8) is 0 Å². The monoisotopic (exact) mass is 376 g/mol. The first-order valence-electron chi connectivity index (χ1n) is 8.72. The molecule has 2 amide bonds. The summed E-state index contributed by atoms with van der Waals surface area (Å²) < 4.78 is 10.1. The van der Waals surface area contributed by atoms with E-state index >= 15 is 0 Å². The normalized spacial score (nSPS) is 12.5. The molecule has 0 aromatic carbocycles. The van der Waals surface area contributed by atoms with Gasteiger partial charge in [-0.1, -0.05) is 0 Å². The van der Waals surface area contributed by atoms with Crippen molar-refractivity contribution in [2.75, 3.05) is 13.1 Å². The van der Waals surface area contributed by atoms with Crippen molar-refractivity contribution in [2.24, 2.45) is 11.5 Å². The van der Waals surface area contributed by atoms with Gasteiger partial charge in [-0.05, 0) is 69.2 Å². The van der Waals surface area contributed by atoms with Crippen molar-refractivity contribution >= 4 is 12.2 Å². The number of amides is 2. The van der Waals surface area contributed by atoms with Crippen LogP contribution in [0.2, 0.25) is 0 Å². The van der Waals surface area contributed by atoms with Crippen LogP contribution < -0.4 is 22.1 Å². The van der Waals surface area contributed by atoms with Gasteiger partial charge in [0.2, 0.25) is 0 Å². The summed E-state index contributed by atoms with van der Waals surface area (Å²) >= 11 is 0. The smallest absolute Gasteiger partial charge is 0.407 e. The van der Waals surface area contributed by atoms with E-state index in [1.54, 1.807) is 0 Å². The molecule has 0 radical (unpaired) electrons.